The number of rotatable bonds is 6. The second kappa shape index (κ2) is 5.28. The predicted molar refractivity (Wildman–Crippen MR) is 64.1 cm³/mol. The molecule has 3 heteroatoms. The molecule has 0 aromatic heterocycles. The summed E-state index contributed by atoms with van der Waals surface area (Å²) in [4.78, 5) is 24.2. The lowest BCUT2D eigenvalue weighted by Gasteiger charge is -2.31. The minimum atomic E-state index is -0.141. The van der Waals surface area contributed by atoms with E-state index in [0.29, 0.717) is 6.42 Å². The van der Waals surface area contributed by atoms with Crippen molar-refractivity contribution in [2.24, 2.45) is 0 Å². The summed E-state index contributed by atoms with van der Waals surface area (Å²) >= 11 is 0. The number of hydrogen-bond donors (Lipinski definition) is 0. The van der Waals surface area contributed by atoms with Crippen LogP contribution in [0, 0.1) is 0 Å². The van der Waals surface area contributed by atoms with Gasteiger partial charge in [-0.25, -0.2) is 0 Å². The number of nitrogens with zero attached hydrogens (tertiary/aromatic N) is 1. The molecule has 0 aromatic carbocycles. The van der Waals surface area contributed by atoms with E-state index in [4.69, 9.17) is 0 Å². The van der Waals surface area contributed by atoms with Gasteiger partial charge in [-0.3, -0.25) is 4.79 Å². The number of amides is 1. The van der Waals surface area contributed by atoms with E-state index >= 15 is 0 Å². The number of Topliss-reactive ketones (excluding diaryl/α,β-unsaturated/α-hetero) is 1. The van der Waals surface area contributed by atoms with Crippen molar-refractivity contribution in [2.45, 2.75) is 52.0 Å². The third-order valence-corrected chi connectivity index (χ3v) is 3.01. The molecule has 16 heavy (non-hydrogen) atoms. The standard InChI is InChI=1S/C13H21NO2/c1-11(15)7-5-4-6-10-14-12(16)8-9-13(14,2)3/h8-9H,4-7,10H2,1-3H3. The Hall–Kier alpha value is -1.12. The molecule has 1 heterocycles. The first-order valence-electron chi connectivity index (χ1n) is 5.94. The Morgan fingerprint density at radius 1 is 1.31 bits per heavy atom. The molecule has 0 unspecified atom stereocenters. The van der Waals surface area contributed by atoms with Crippen molar-refractivity contribution in [3.8, 4) is 0 Å². The highest BCUT2D eigenvalue weighted by atomic mass is 16.2. The summed E-state index contributed by atoms with van der Waals surface area (Å²) in [6.07, 6.45) is 7.19. The fourth-order valence-electron chi connectivity index (χ4n) is 1.96. The highest BCUT2D eigenvalue weighted by molar-refractivity contribution is 5.91. The number of hydrogen-bond acceptors (Lipinski definition) is 2. The van der Waals surface area contributed by atoms with Gasteiger partial charge in [0.2, 0.25) is 5.91 Å². The summed E-state index contributed by atoms with van der Waals surface area (Å²) in [5.74, 6) is 0.357. The monoisotopic (exact) mass is 223 g/mol. The van der Waals surface area contributed by atoms with Crippen molar-refractivity contribution in [2.75, 3.05) is 6.54 Å². The SMILES string of the molecule is CC(=O)CCCCCN1C(=O)C=CC1(C)C. The van der Waals surface area contributed by atoms with Gasteiger partial charge < -0.3 is 9.69 Å². The molecular weight excluding hydrogens is 202 g/mol. The molecule has 0 aromatic rings. The van der Waals surface area contributed by atoms with E-state index in [1.54, 1.807) is 13.0 Å². The maximum atomic E-state index is 11.5. The van der Waals surface area contributed by atoms with Gasteiger partial charge in [0.25, 0.3) is 0 Å². The first kappa shape index (κ1) is 12.9. The van der Waals surface area contributed by atoms with Crippen molar-refractivity contribution in [1.82, 2.24) is 4.90 Å². The van der Waals surface area contributed by atoms with E-state index in [9.17, 15) is 9.59 Å². The van der Waals surface area contributed by atoms with Gasteiger partial charge >= 0.3 is 0 Å². The molecule has 1 aliphatic heterocycles. The Labute approximate surface area is 97.5 Å². The van der Waals surface area contributed by atoms with Crippen molar-refractivity contribution in [3.05, 3.63) is 12.2 Å². The molecule has 1 rings (SSSR count). The molecule has 0 atom stereocenters. The molecule has 90 valence electrons. The van der Waals surface area contributed by atoms with Crippen molar-refractivity contribution < 1.29 is 9.59 Å². The van der Waals surface area contributed by atoms with Crippen LogP contribution in [-0.4, -0.2) is 28.7 Å². The van der Waals surface area contributed by atoms with Crippen molar-refractivity contribution >= 4 is 11.7 Å². The zero-order valence-electron chi connectivity index (χ0n) is 10.5. The van der Waals surface area contributed by atoms with Crippen LogP contribution < -0.4 is 0 Å². The number of unbranched alkanes of at least 4 members (excludes halogenated alkanes) is 2. The highest BCUT2D eigenvalue weighted by Crippen LogP contribution is 2.23. The summed E-state index contributed by atoms with van der Waals surface area (Å²) in [5.41, 5.74) is -0.141. The van der Waals surface area contributed by atoms with E-state index in [1.807, 2.05) is 24.8 Å². The van der Waals surface area contributed by atoms with Crippen LogP contribution in [0.2, 0.25) is 0 Å². The Balaban J connectivity index is 2.23. The fourth-order valence-corrected chi connectivity index (χ4v) is 1.96. The minimum absolute atomic E-state index is 0.108. The van der Waals surface area contributed by atoms with E-state index in [0.717, 1.165) is 25.8 Å². The minimum Gasteiger partial charge on any atom is -0.331 e. The van der Waals surface area contributed by atoms with Crippen molar-refractivity contribution in [3.63, 3.8) is 0 Å². The third kappa shape index (κ3) is 3.47. The summed E-state index contributed by atoms with van der Waals surface area (Å²) in [6, 6.07) is 0. The Morgan fingerprint density at radius 2 is 2.00 bits per heavy atom. The summed E-state index contributed by atoms with van der Waals surface area (Å²) in [7, 11) is 0. The average Bonchev–Trinajstić information content (AvgIpc) is 2.43. The largest absolute Gasteiger partial charge is 0.331 e. The molecule has 1 aliphatic rings. The lowest BCUT2D eigenvalue weighted by molar-refractivity contribution is -0.128. The first-order chi connectivity index (χ1) is 7.43. The smallest absolute Gasteiger partial charge is 0.247 e. The molecule has 0 N–H and O–H groups in total. The van der Waals surface area contributed by atoms with Gasteiger partial charge in [-0.05, 0) is 33.6 Å². The van der Waals surface area contributed by atoms with E-state index in [2.05, 4.69) is 0 Å². The molecule has 0 radical (unpaired) electrons. The van der Waals surface area contributed by atoms with Crippen LogP contribution in [0.25, 0.3) is 0 Å². The normalized spacial score (nSPS) is 18.2. The van der Waals surface area contributed by atoms with Crippen LogP contribution in [0.15, 0.2) is 12.2 Å². The molecule has 0 bridgehead atoms. The molecule has 0 saturated heterocycles. The van der Waals surface area contributed by atoms with E-state index < -0.39 is 0 Å². The quantitative estimate of drug-likeness (QED) is 0.648. The van der Waals surface area contributed by atoms with Gasteiger partial charge in [0.15, 0.2) is 0 Å². The Morgan fingerprint density at radius 3 is 2.50 bits per heavy atom. The Kier molecular flexibility index (Phi) is 4.27. The summed E-state index contributed by atoms with van der Waals surface area (Å²) < 4.78 is 0. The molecule has 0 spiro atoms. The van der Waals surface area contributed by atoms with Gasteiger partial charge in [-0.2, -0.15) is 0 Å². The molecule has 0 saturated carbocycles. The number of carbonyl (C=O) groups is 2. The lowest BCUT2D eigenvalue weighted by Crippen LogP contribution is -2.41. The number of carbonyl (C=O) groups excluding carboxylic acids is 2. The van der Waals surface area contributed by atoms with Crippen LogP contribution in [-0.2, 0) is 9.59 Å². The number of ketones is 1. The zero-order chi connectivity index (χ0) is 12.2. The van der Waals surface area contributed by atoms with Gasteiger partial charge in [0, 0.05) is 19.0 Å². The van der Waals surface area contributed by atoms with Crippen LogP contribution >= 0.6 is 0 Å². The molecular formula is C13H21NO2. The van der Waals surface area contributed by atoms with Gasteiger partial charge in [-0.1, -0.05) is 12.5 Å². The maximum Gasteiger partial charge on any atom is 0.247 e. The summed E-state index contributed by atoms with van der Waals surface area (Å²) in [6.45, 7) is 6.50. The lowest BCUT2D eigenvalue weighted by atomic mass is 10.1. The van der Waals surface area contributed by atoms with Gasteiger partial charge in [0.1, 0.15) is 5.78 Å². The molecule has 0 aliphatic carbocycles. The summed E-state index contributed by atoms with van der Waals surface area (Å²) in [5, 5.41) is 0. The fraction of sp³-hybridized carbons (Fsp3) is 0.692. The highest BCUT2D eigenvalue weighted by Gasteiger charge is 2.31. The van der Waals surface area contributed by atoms with E-state index in [1.165, 1.54) is 0 Å². The topological polar surface area (TPSA) is 37.4 Å². The van der Waals surface area contributed by atoms with Crippen molar-refractivity contribution in [1.29, 1.82) is 0 Å². The van der Waals surface area contributed by atoms with Crippen LogP contribution in [0.4, 0.5) is 0 Å². The van der Waals surface area contributed by atoms with Crippen LogP contribution in [0.3, 0.4) is 0 Å². The van der Waals surface area contributed by atoms with Crippen LogP contribution in [0.5, 0.6) is 0 Å². The molecule has 0 fully saturated rings. The molecule has 1 amide bonds. The van der Waals surface area contributed by atoms with Gasteiger partial charge in [-0.15, -0.1) is 0 Å². The average molecular weight is 223 g/mol. The van der Waals surface area contributed by atoms with Crippen LogP contribution in [0.1, 0.15) is 46.5 Å². The zero-order valence-corrected chi connectivity index (χ0v) is 10.5. The third-order valence-electron chi connectivity index (χ3n) is 3.01. The Bertz CT molecular complexity index is 305. The van der Waals surface area contributed by atoms with E-state index in [-0.39, 0.29) is 17.2 Å². The second-order valence-electron chi connectivity index (χ2n) is 4.99. The van der Waals surface area contributed by atoms with Gasteiger partial charge in [0.05, 0.1) is 5.54 Å². The maximum absolute atomic E-state index is 11.5. The second-order valence-corrected chi connectivity index (χ2v) is 4.99. The predicted octanol–water partition coefficient (Wildman–Crippen LogP) is 2.31. The molecule has 3 nitrogen and oxygen atoms in total. The first-order valence-corrected chi connectivity index (χ1v) is 5.94.